The number of benzene rings is 1. The van der Waals surface area contributed by atoms with Crippen molar-refractivity contribution in [3.63, 3.8) is 0 Å². The van der Waals surface area contributed by atoms with Gasteiger partial charge in [0.2, 0.25) is 0 Å². The van der Waals surface area contributed by atoms with Crippen molar-refractivity contribution in [2.75, 3.05) is 6.61 Å². The summed E-state index contributed by atoms with van der Waals surface area (Å²) in [6.45, 7) is 5.54. The van der Waals surface area contributed by atoms with Crippen molar-refractivity contribution < 1.29 is 9.53 Å². The number of carbonyl (C=O) groups is 1. The molecule has 0 saturated heterocycles. The molecule has 0 aromatic heterocycles. The third kappa shape index (κ3) is 4.88. The normalized spacial score (nSPS) is 10.9. The number of hydrogen-bond acceptors (Lipinski definition) is 3. The van der Waals surface area contributed by atoms with Gasteiger partial charge in [0.25, 0.3) is 0 Å². The van der Waals surface area contributed by atoms with Crippen molar-refractivity contribution in [2.45, 2.75) is 6.92 Å². The van der Waals surface area contributed by atoms with Crippen molar-refractivity contribution in [1.29, 1.82) is 0 Å². The molecule has 1 rings (SSSR count). The van der Waals surface area contributed by atoms with Gasteiger partial charge in [0, 0.05) is 5.03 Å². The average Bonchev–Trinajstić information content (AvgIpc) is 2.34. The predicted octanol–water partition coefficient (Wildman–Crippen LogP) is 2.21. The Morgan fingerprint density at radius 1 is 1.50 bits per heavy atom. The van der Waals surface area contributed by atoms with Crippen LogP contribution in [0.5, 0.6) is 5.75 Å². The molecule has 0 spiro atoms. The number of primary amides is 1. The second-order valence-corrected chi connectivity index (χ2v) is 4.04. The van der Waals surface area contributed by atoms with E-state index in [9.17, 15) is 4.79 Å². The number of halogens is 1. The zero-order valence-corrected chi connectivity index (χ0v) is 10.7. The molecule has 96 valence electrons. The minimum atomic E-state index is -0.699. The summed E-state index contributed by atoms with van der Waals surface area (Å²) in [4.78, 5) is 10.5. The second-order valence-electron chi connectivity index (χ2n) is 3.50. The molecule has 1 aromatic carbocycles. The summed E-state index contributed by atoms with van der Waals surface area (Å²) in [6.07, 6.45) is 0. The van der Waals surface area contributed by atoms with E-state index >= 15 is 0 Å². The van der Waals surface area contributed by atoms with Crippen LogP contribution in [0.25, 0.3) is 0 Å². The molecule has 0 unspecified atom stereocenters. The van der Waals surface area contributed by atoms with Crippen molar-refractivity contribution in [3.05, 3.63) is 41.4 Å². The van der Waals surface area contributed by atoms with Gasteiger partial charge >= 0.3 is 6.03 Å². The average molecular weight is 268 g/mol. The third-order valence-electron chi connectivity index (χ3n) is 2.00. The van der Waals surface area contributed by atoms with Gasteiger partial charge in [0.05, 0.1) is 5.71 Å². The number of hydrazone groups is 1. The number of carbonyl (C=O) groups excluding carboxylic acids is 1. The van der Waals surface area contributed by atoms with Gasteiger partial charge in [-0.3, -0.25) is 0 Å². The Morgan fingerprint density at radius 3 is 2.61 bits per heavy atom. The zero-order valence-electron chi connectivity index (χ0n) is 9.94. The topological polar surface area (TPSA) is 76.7 Å². The van der Waals surface area contributed by atoms with Gasteiger partial charge in [-0.05, 0) is 36.8 Å². The first-order valence-electron chi connectivity index (χ1n) is 5.15. The monoisotopic (exact) mass is 267 g/mol. The van der Waals surface area contributed by atoms with Crippen LogP contribution < -0.4 is 15.9 Å². The summed E-state index contributed by atoms with van der Waals surface area (Å²) in [7, 11) is 0. The maximum atomic E-state index is 10.5. The van der Waals surface area contributed by atoms with E-state index in [0.717, 1.165) is 5.56 Å². The maximum absolute atomic E-state index is 10.5. The Morgan fingerprint density at radius 2 is 2.11 bits per heavy atom. The molecular formula is C12H14ClN3O2. The van der Waals surface area contributed by atoms with E-state index in [-0.39, 0.29) is 6.61 Å². The largest absolute Gasteiger partial charge is 0.488 e. The summed E-state index contributed by atoms with van der Waals surface area (Å²) in [6, 6.07) is 6.48. The van der Waals surface area contributed by atoms with Crippen LogP contribution in [0.15, 0.2) is 41.0 Å². The molecule has 0 saturated carbocycles. The molecule has 18 heavy (non-hydrogen) atoms. The molecule has 0 aliphatic heterocycles. The first-order chi connectivity index (χ1) is 8.49. The molecule has 0 atom stereocenters. The predicted molar refractivity (Wildman–Crippen MR) is 71.9 cm³/mol. The van der Waals surface area contributed by atoms with Gasteiger partial charge in [-0.25, -0.2) is 10.2 Å². The summed E-state index contributed by atoms with van der Waals surface area (Å²) in [5.41, 5.74) is 8.57. The Hall–Kier alpha value is -2.01. The molecule has 1 aromatic rings. The smallest absolute Gasteiger partial charge is 0.332 e. The first-order valence-corrected chi connectivity index (χ1v) is 5.53. The third-order valence-corrected chi connectivity index (χ3v) is 2.11. The molecular weight excluding hydrogens is 254 g/mol. The molecule has 5 nitrogen and oxygen atoms in total. The van der Waals surface area contributed by atoms with Crippen molar-refractivity contribution >= 4 is 23.3 Å². The van der Waals surface area contributed by atoms with Gasteiger partial charge in [0.15, 0.2) is 0 Å². The van der Waals surface area contributed by atoms with Crippen molar-refractivity contribution in [2.24, 2.45) is 10.8 Å². The van der Waals surface area contributed by atoms with E-state index < -0.39 is 6.03 Å². The Balaban J connectivity index is 2.67. The molecule has 2 amide bonds. The van der Waals surface area contributed by atoms with Crippen LogP contribution in [0.1, 0.15) is 12.5 Å². The lowest BCUT2D eigenvalue weighted by atomic mass is 10.1. The fraction of sp³-hybridized carbons (Fsp3) is 0.167. The highest BCUT2D eigenvalue weighted by molar-refractivity contribution is 6.29. The second kappa shape index (κ2) is 6.66. The number of hydrogen-bond donors (Lipinski definition) is 2. The standard InChI is InChI=1S/C12H14ClN3O2/c1-8(13)7-18-11-5-3-10(4-6-11)9(2)15-16-12(14)17/h3-6H,1,7H2,2H3,(H3,14,16,17). The Bertz CT molecular complexity index is 469. The first kappa shape index (κ1) is 14.1. The summed E-state index contributed by atoms with van der Waals surface area (Å²) < 4.78 is 5.34. The fourth-order valence-electron chi connectivity index (χ4n) is 1.16. The van der Waals surface area contributed by atoms with Crippen LogP contribution in [0.2, 0.25) is 0 Å². The van der Waals surface area contributed by atoms with Gasteiger partial charge in [-0.1, -0.05) is 18.2 Å². The number of nitrogens with two attached hydrogens (primary N) is 1. The van der Waals surface area contributed by atoms with Crippen LogP contribution in [-0.2, 0) is 0 Å². The fourth-order valence-corrected chi connectivity index (χ4v) is 1.21. The maximum Gasteiger partial charge on any atom is 0.332 e. The van der Waals surface area contributed by atoms with Gasteiger partial charge < -0.3 is 10.5 Å². The summed E-state index contributed by atoms with van der Waals surface area (Å²) in [5.74, 6) is 0.677. The highest BCUT2D eigenvalue weighted by Crippen LogP contribution is 2.14. The number of nitrogens with one attached hydrogen (secondary N) is 1. The van der Waals surface area contributed by atoms with E-state index in [1.54, 1.807) is 19.1 Å². The van der Waals surface area contributed by atoms with E-state index in [4.69, 9.17) is 22.1 Å². The number of ether oxygens (including phenoxy) is 1. The molecule has 0 aliphatic carbocycles. The van der Waals surface area contributed by atoms with Gasteiger partial charge in [0.1, 0.15) is 12.4 Å². The van der Waals surface area contributed by atoms with Crippen LogP contribution in [-0.4, -0.2) is 18.3 Å². The van der Waals surface area contributed by atoms with Crippen molar-refractivity contribution in [1.82, 2.24) is 5.43 Å². The molecule has 3 N–H and O–H groups in total. The quantitative estimate of drug-likeness (QED) is 0.634. The van der Waals surface area contributed by atoms with Crippen molar-refractivity contribution in [3.8, 4) is 5.75 Å². The van der Waals surface area contributed by atoms with Crippen LogP contribution in [0.3, 0.4) is 0 Å². The molecule has 0 bridgehead atoms. The molecule has 0 aliphatic rings. The van der Waals surface area contributed by atoms with E-state index in [1.165, 1.54) is 0 Å². The Kier molecular flexibility index (Phi) is 5.20. The molecule has 6 heteroatoms. The number of rotatable bonds is 5. The lowest BCUT2D eigenvalue weighted by Gasteiger charge is -2.06. The minimum absolute atomic E-state index is 0.261. The number of urea groups is 1. The number of nitrogens with zero attached hydrogens (tertiary/aromatic N) is 1. The van der Waals surface area contributed by atoms with E-state index in [2.05, 4.69) is 17.1 Å². The molecule has 0 fully saturated rings. The van der Waals surface area contributed by atoms with Crippen LogP contribution in [0.4, 0.5) is 4.79 Å². The van der Waals surface area contributed by atoms with Gasteiger partial charge in [-0.15, -0.1) is 0 Å². The van der Waals surface area contributed by atoms with Crippen LogP contribution in [0, 0.1) is 0 Å². The minimum Gasteiger partial charge on any atom is -0.488 e. The lowest BCUT2D eigenvalue weighted by molar-refractivity contribution is 0.249. The highest BCUT2D eigenvalue weighted by atomic mass is 35.5. The summed E-state index contributed by atoms with van der Waals surface area (Å²) in [5, 5.41) is 4.25. The highest BCUT2D eigenvalue weighted by Gasteiger charge is 2.00. The molecule has 0 radical (unpaired) electrons. The van der Waals surface area contributed by atoms with E-state index in [0.29, 0.717) is 16.5 Å². The molecule has 0 heterocycles. The SMILES string of the molecule is C=C(Cl)COc1ccc(C(C)=NNC(N)=O)cc1. The van der Waals surface area contributed by atoms with E-state index in [1.807, 2.05) is 12.1 Å². The Labute approximate surface area is 110 Å². The lowest BCUT2D eigenvalue weighted by Crippen LogP contribution is -2.25. The van der Waals surface area contributed by atoms with Gasteiger partial charge in [-0.2, -0.15) is 5.10 Å². The zero-order chi connectivity index (χ0) is 13.5. The summed E-state index contributed by atoms with van der Waals surface area (Å²) >= 11 is 5.59. The number of amides is 2. The van der Waals surface area contributed by atoms with Crippen LogP contribution >= 0.6 is 11.6 Å².